The minimum atomic E-state index is -0.579. The van der Waals surface area contributed by atoms with Gasteiger partial charge in [0.2, 0.25) is 0 Å². The van der Waals surface area contributed by atoms with Gasteiger partial charge in [-0.15, -0.1) is 0 Å². The van der Waals surface area contributed by atoms with Gasteiger partial charge in [-0.05, 0) is 45.8 Å². The van der Waals surface area contributed by atoms with Gasteiger partial charge in [-0.2, -0.15) is 0 Å². The van der Waals surface area contributed by atoms with Crippen molar-refractivity contribution in [2.75, 3.05) is 0 Å². The Morgan fingerprint density at radius 1 is 0.345 bits per heavy atom. The smallest absolute Gasteiger partial charge is 0.164 e. The minimum absolute atomic E-state index is 0.579. The summed E-state index contributed by atoms with van der Waals surface area (Å²) in [6, 6.07) is 67.8. The topological polar surface area (TPSA) is 60.8 Å². The fraction of sp³-hybridized carbons (Fsp3) is 0.0189. The molecule has 0 radical (unpaired) electrons. The van der Waals surface area contributed by atoms with Crippen LogP contribution < -0.4 is 4.74 Å². The summed E-state index contributed by atoms with van der Waals surface area (Å²) < 4.78 is 6.62. The van der Waals surface area contributed by atoms with Crippen LogP contribution in [-0.4, -0.2) is 19.9 Å². The molecule has 0 atom stereocenters. The molecule has 270 valence electrons. The van der Waals surface area contributed by atoms with Crippen LogP contribution in [0.15, 0.2) is 194 Å². The van der Waals surface area contributed by atoms with Gasteiger partial charge in [0.25, 0.3) is 0 Å². The van der Waals surface area contributed by atoms with Gasteiger partial charge in [0, 0.05) is 44.2 Å². The Bertz CT molecular complexity index is 3150. The van der Waals surface area contributed by atoms with Crippen molar-refractivity contribution in [3.63, 3.8) is 0 Å². The average Bonchev–Trinajstić information content (AvgIpc) is 3.60. The van der Waals surface area contributed by atoms with E-state index in [0.29, 0.717) is 17.5 Å². The van der Waals surface area contributed by atoms with Crippen molar-refractivity contribution in [2.45, 2.75) is 5.41 Å². The highest BCUT2D eigenvalue weighted by molar-refractivity contribution is 6.18. The summed E-state index contributed by atoms with van der Waals surface area (Å²) in [4.78, 5) is 20.4. The molecule has 0 amide bonds. The van der Waals surface area contributed by atoms with E-state index >= 15 is 0 Å². The molecule has 3 heterocycles. The maximum atomic E-state index is 6.62. The lowest BCUT2D eigenvalue weighted by molar-refractivity contribution is 0.436. The molecule has 0 fully saturated rings. The molecule has 0 saturated carbocycles. The highest BCUT2D eigenvalue weighted by atomic mass is 16.5. The Hall–Kier alpha value is -7.76. The largest absolute Gasteiger partial charge is 0.457 e. The zero-order chi connectivity index (χ0) is 38.2. The van der Waals surface area contributed by atoms with E-state index in [1.165, 1.54) is 27.6 Å². The Morgan fingerprint density at radius 3 is 1.48 bits per heavy atom. The quantitative estimate of drug-likeness (QED) is 0.168. The number of hydrogen-bond donors (Lipinski definition) is 0. The molecule has 2 aromatic heterocycles. The first-order valence-electron chi connectivity index (χ1n) is 19.6. The molecule has 58 heavy (non-hydrogen) atoms. The number of para-hydroxylation sites is 3. The van der Waals surface area contributed by atoms with Crippen molar-refractivity contribution < 1.29 is 4.74 Å². The molecule has 0 bridgehead atoms. The van der Waals surface area contributed by atoms with Crippen molar-refractivity contribution in [1.82, 2.24) is 19.9 Å². The van der Waals surface area contributed by atoms with Crippen molar-refractivity contribution in [3.05, 3.63) is 216 Å². The molecular formula is C53H32N4O. The van der Waals surface area contributed by atoms with E-state index in [2.05, 4.69) is 133 Å². The van der Waals surface area contributed by atoms with E-state index in [-0.39, 0.29) is 0 Å². The average molecular weight is 741 g/mol. The van der Waals surface area contributed by atoms with E-state index in [4.69, 9.17) is 24.7 Å². The SMILES string of the molecule is c1ccc(-c2nc(-c3ccccc3)nc(-c3ccc(-c4nc5ccccc5c5ccc6c(c45)-c4ccccc4C64c5ccccc5Oc5ccccc54)cc3)n2)cc1. The van der Waals surface area contributed by atoms with E-state index in [1.807, 2.05) is 60.7 Å². The number of pyridine rings is 1. The monoisotopic (exact) mass is 740 g/mol. The highest BCUT2D eigenvalue weighted by Gasteiger charge is 2.51. The first-order chi connectivity index (χ1) is 28.8. The summed E-state index contributed by atoms with van der Waals surface area (Å²) in [6.07, 6.45) is 0. The van der Waals surface area contributed by atoms with Gasteiger partial charge in [-0.1, -0.05) is 176 Å². The van der Waals surface area contributed by atoms with Crippen molar-refractivity contribution in [3.8, 4) is 68.0 Å². The van der Waals surface area contributed by atoms with Crippen molar-refractivity contribution in [1.29, 1.82) is 0 Å². The molecule has 5 heteroatoms. The lowest BCUT2D eigenvalue weighted by atomic mass is 9.66. The summed E-state index contributed by atoms with van der Waals surface area (Å²) in [7, 11) is 0. The van der Waals surface area contributed by atoms with E-state index in [9.17, 15) is 0 Å². The van der Waals surface area contributed by atoms with Crippen LogP contribution in [0.5, 0.6) is 11.5 Å². The number of benzene rings is 8. The van der Waals surface area contributed by atoms with Crippen LogP contribution in [0.4, 0.5) is 0 Å². The van der Waals surface area contributed by atoms with Gasteiger partial charge in [-0.3, -0.25) is 0 Å². The minimum Gasteiger partial charge on any atom is -0.457 e. The molecule has 1 spiro atoms. The second kappa shape index (κ2) is 12.6. The van der Waals surface area contributed by atoms with Crippen LogP contribution in [0.3, 0.4) is 0 Å². The molecule has 12 rings (SSSR count). The number of fused-ring (bicyclic) bond motifs is 13. The fourth-order valence-electron chi connectivity index (χ4n) is 9.31. The summed E-state index contributed by atoms with van der Waals surface area (Å²) >= 11 is 0. The third-order valence-electron chi connectivity index (χ3n) is 11.8. The number of aromatic nitrogens is 4. The molecule has 1 aliphatic heterocycles. The first kappa shape index (κ1) is 32.5. The fourth-order valence-corrected chi connectivity index (χ4v) is 9.31. The number of ether oxygens (including phenoxy) is 1. The zero-order valence-electron chi connectivity index (χ0n) is 31.2. The highest BCUT2D eigenvalue weighted by Crippen LogP contribution is 2.63. The van der Waals surface area contributed by atoms with Crippen LogP contribution in [0.2, 0.25) is 0 Å². The maximum absolute atomic E-state index is 6.62. The molecule has 0 saturated heterocycles. The van der Waals surface area contributed by atoms with Crippen LogP contribution in [0.1, 0.15) is 22.3 Å². The van der Waals surface area contributed by atoms with Crippen molar-refractivity contribution >= 4 is 21.7 Å². The van der Waals surface area contributed by atoms with Crippen LogP contribution in [-0.2, 0) is 5.41 Å². The Balaban J connectivity index is 1.10. The standard InChI is InChI=1S/C53H32N4O/c1-3-15-34(16-4-1)50-55-51(35-17-5-2-6-18-35)57-52(56-50)36-29-27-33(28-30-36)49-48-38(37-19-8-12-24-44(37)54-49)31-32-43-47(48)39-20-7-9-21-40(39)53(43)41-22-10-13-25-45(41)58-46-26-14-11-23-42(46)53/h1-32H. The maximum Gasteiger partial charge on any atom is 0.164 e. The van der Waals surface area contributed by atoms with E-state index in [1.54, 1.807) is 0 Å². The zero-order valence-corrected chi connectivity index (χ0v) is 31.2. The number of hydrogen-bond acceptors (Lipinski definition) is 5. The van der Waals surface area contributed by atoms with Gasteiger partial charge < -0.3 is 4.74 Å². The van der Waals surface area contributed by atoms with Crippen molar-refractivity contribution in [2.24, 2.45) is 0 Å². The second-order valence-electron chi connectivity index (χ2n) is 14.9. The van der Waals surface area contributed by atoms with Gasteiger partial charge in [0.15, 0.2) is 17.5 Å². The Kier molecular flexibility index (Phi) is 7.07. The van der Waals surface area contributed by atoms with Gasteiger partial charge in [-0.25, -0.2) is 19.9 Å². The number of rotatable bonds is 4. The van der Waals surface area contributed by atoms with E-state index in [0.717, 1.165) is 66.9 Å². The lowest BCUT2D eigenvalue weighted by Gasteiger charge is -2.39. The molecule has 10 aromatic rings. The summed E-state index contributed by atoms with van der Waals surface area (Å²) in [6.45, 7) is 0. The molecule has 5 nitrogen and oxygen atoms in total. The van der Waals surface area contributed by atoms with Gasteiger partial charge >= 0.3 is 0 Å². The predicted molar refractivity (Wildman–Crippen MR) is 232 cm³/mol. The third kappa shape index (κ3) is 4.71. The second-order valence-corrected chi connectivity index (χ2v) is 14.9. The molecule has 0 N–H and O–H groups in total. The van der Waals surface area contributed by atoms with Gasteiger partial charge in [0.1, 0.15) is 11.5 Å². The van der Waals surface area contributed by atoms with Crippen LogP contribution in [0, 0.1) is 0 Å². The molecule has 8 aromatic carbocycles. The number of nitrogens with zero attached hydrogens (tertiary/aromatic N) is 4. The van der Waals surface area contributed by atoms with Gasteiger partial charge in [0.05, 0.1) is 16.6 Å². The molecular weight excluding hydrogens is 709 g/mol. The summed E-state index contributed by atoms with van der Waals surface area (Å²) in [5.74, 6) is 3.63. The van der Waals surface area contributed by atoms with Crippen LogP contribution in [0.25, 0.3) is 78.2 Å². The third-order valence-corrected chi connectivity index (χ3v) is 11.8. The first-order valence-corrected chi connectivity index (χ1v) is 19.6. The summed E-state index contributed by atoms with van der Waals surface area (Å²) in [5.41, 5.74) is 12.3. The Labute approximate surface area is 335 Å². The lowest BCUT2D eigenvalue weighted by Crippen LogP contribution is -2.32. The Morgan fingerprint density at radius 2 is 0.845 bits per heavy atom. The van der Waals surface area contributed by atoms with E-state index < -0.39 is 5.41 Å². The predicted octanol–water partition coefficient (Wildman–Crippen LogP) is 12.7. The summed E-state index contributed by atoms with van der Waals surface area (Å²) in [5, 5.41) is 3.42. The molecule has 0 unspecified atom stereocenters. The molecule has 1 aliphatic carbocycles. The normalized spacial score (nSPS) is 13.1. The molecule has 2 aliphatic rings. The van der Waals surface area contributed by atoms with Crippen LogP contribution >= 0.6 is 0 Å².